The van der Waals surface area contributed by atoms with E-state index in [2.05, 4.69) is 26.6 Å². The fourth-order valence-corrected chi connectivity index (χ4v) is 4.51. The molecule has 0 aromatic heterocycles. The lowest BCUT2D eigenvalue weighted by molar-refractivity contribution is -0.137. The molecule has 1 aliphatic rings. The summed E-state index contributed by atoms with van der Waals surface area (Å²) in [5.74, 6) is -2.74. The number of nitrogens with one attached hydrogen (secondary N) is 2. The molecule has 2 amide bonds. The van der Waals surface area contributed by atoms with Crippen molar-refractivity contribution >= 4 is 39.6 Å². The summed E-state index contributed by atoms with van der Waals surface area (Å²) in [6.45, 7) is 0.0351. The predicted molar refractivity (Wildman–Crippen MR) is 132 cm³/mol. The maximum absolute atomic E-state index is 14.3. The summed E-state index contributed by atoms with van der Waals surface area (Å²) < 4.78 is 19.9. The highest BCUT2D eigenvalue weighted by Crippen LogP contribution is 2.44. The van der Waals surface area contributed by atoms with E-state index in [4.69, 9.17) is 9.84 Å². The number of rotatable bonds is 8. The van der Waals surface area contributed by atoms with Crippen molar-refractivity contribution in [3.8, 4) is 11.1 Å². The van der Waals surface area contributed by atoms with Gasteiger partial charge in [-0.2, -0.15) is 0 Å². The molecule has 180 valence electrons. The van der Waals surface area contributed by atoms with E-state index in [0.29, 0.717) is 0 Å². The second-order valence-corrected chi connectivity index (χ2v) is 8.90. The molecular weight excluding hydrogens is 519 g/mol. The number of benzene rings is 3. The van der Waals surface area contributed by atoms with Crippen LogP contribution in [0, 0.1) is 5.82 Å². The Morgan fingerprint density at radius 2 is 1.60 bits per heavy atom. The molecule has 0 radical (unpaired) electrons. The third-order valence-corrected chi connectivity index (χ3v) is 6.42. The quantitative estimate of drug-likeness (QED) is 0.359. The first-order chi connectivity index (χ1) is 16.8. The van der Waals surface area contributed by atoms with E-state index in [1.165, 1.54) is 18.2 Å². The van der Waals surface area contributed by atoms with Gasteiger partial charge in [-0.1, -0.05) is 54.6 Å². The summed E-state index contributed by atoms with van der Waals surface area (Å²) in [5.41, 5.74) is 4.12. The van der Waals surface area contributed by atoms with Crippen LogP contribution in [-0.2, 0) is 14.3 Å². The molecule has 3 aromatic rings. The molecule has 0 bridgehead atoms. The van der Waals surface area contributed by atoms with Crippen LogP contribution in [0.2, 0.25) is 0 Å². The largest absolute Gasteiger partial charge is 0.481 e. The molecule has 1 aliphatic carbocycles. The number of hydrogen-bond donors (Lipinski definition) is 3. The van der Waals surface area contributed by atoms with E-state index in [9.17, 15) is 18.8 Å². The zero-order chi connectivity index (χ0) is 24.9. The zero-order valence-corrected chi connectivity index (χ0v) is 20.0. The molecule has 1 atom stereocenters. The van der Waals surface area contributed by atoms with Crippen molar-refractivity contribution in [2.45, 2.75) is 24.8 Å². The van der Waals surface area contributed by atoms with E-state index in [1.54, 1.807) is 0 Å². The number of amides is 2. The first-order valence-electron chi connectivity index (χ1n) is 10.9. The monoisotopic (exact) mass is 540 g/mol. The number of halogens is 2. The number of carbonyl (C=O) groups is 3. The predicted octanol–water partition coefficient (Wildman–Crippen LogP) is 5.30. The summed E-state index contributed by atoms with van der Waals surface area (Å²) in [6, 6.07) is 18.9. The molecule has 9 heteroatoms. The number of carbonyl (C=O) groups excluding carboxylic acids is 2. The number of hydrogen-bond acceptors (Lipinski definition) is 4. The number of carboxylic acids is 1. The lowest BCUT2D eigenvalue weighted by Crippen LogP contribution is -2.44. The fraction of sp³-hybridized carbons (Fsp3) is 0.192. The summed E-state index contributed by atoms with van der Waals surface area (Å²) in [7, 11) is 0. The van der Waals surface area contributed by atoms with Crippen molar-refractivity contribution < 1.29 is 28.6 Å². The van der Waals surface area contributed by atoms with Crippen LogP contribution in [0.25, 0.3) is 11.1 Å². The van der Waals surface area contributed by atoms with E-state index in [-0.39, 0.29) is 35.5 Å². The number of aliphatic carboxylic acids is 1. The molecule has 0 heterocycles. The van der Waals surface area contributed by atoms with Crippen LogP contribution in [0.3, 0.4) is 0 Å². The molecule has 3 aromatic carbocycles. The van der Waals surface area contributed by atoms with E-state index in [1.807, 2.05) is 48.5 Å². The standard InChI is InChI=1S/C26H22BrFN2O5/c27-20-10-5-11-21(24(20)28)29-25(33)22(12-13-23(31)32)30-26(34)35-14-19-17-8-3-1-6-15(17)16-7-2-4-9-18(16)19/h1-11,19,22H,12-14H2,(H,29,33)(H,30,34)(H,31,32). The highest BCUT2D eigenvalue weighted by atomic mass is 79.9. The Bertz CT molecular complexity index is 1240. The molecule has 0 spiro atoms. The highest BCUT2D eigenvalue weighted by Gasteiger charge is 2.30. The molecule has 0 aliphatic heterocycles. The summed E-state index contributed by atoms with van der Waals surface area (Å²) in [4.78, 5) is 36.4. The van der Waals surface area contributed by atoms with Gasteiger partial charge in [0, 0.05) is 12.3 Å². The summed E-state index contributed by atoms with van der Waals surface area (Å²) >= 11 is 3.05. The first kappa shape index (κ1) is 24.4. The van der Waals surface area contributed by atoms with Gasteiger partial charge in [0.15, 0.2) is 5.82 Å². The average molecular weight is 541 g/mol. The molecule has 7 nitrogen and oxygen atoms in total. The normalized spacial score (nSPS) is 12.9. The van der Waals surface area contributed by atoms with Crippen molar-refractivity contribution in [2.75, 3.05) is 11.9 Å². The summed E-state index contributed by atoms with van der Waals surface area (Å²) in [5, 5.41) is 13.9. The lowest BCUT2D eigenvalue weighted by Gasteiger charge is -2.19. The number of ether oxygens (including phenoxy) is 1. The summed E-state index contributed by atoms with van der Waals surface area (Å²) in [6.07, 6.45) is -1.43. The minimum absolute atomic E-state index is 0.0351. The third kappa shape index (κ3) is 5.51. The fourth-order valence-electron chi connectivity index (χ4n) is 4.14. The molecule has 0 fully saturated rings. The van der Waals surface area contributed by atoms with Gasteiger partial charge in [-0.25, -0.2) is 9.18 Å². The van der Waals surface area contributed by atoms with Gasteiger partial charge >= 0.3 is 12.1 Å². The van der Waals surface area contributed by atoms with Crippen molar-refractivity contribution in [1.29, 1.82) is 0 Å². The SMILES string of the molecule is O=C(O)CCC(NC(=O)OCC1c2ccccc2-c2ccccc21)C(=O)Nc1cccc(Br)c1F. The average Bonchev–Trinajstić information content (AvgIpc) is 3.17. The Hall–Kier alpha value is -3.72. The van der Waals surface area contributed by atoms with Crippen molar-refractivity contribution in [1.82, 2.24) is 5.32 Å². The van der Waals surface area contributed by atoms with Crippen LogP contribution < -0.4 is 10.6 Å². The Kier molecular flexibility index (Phi) is 7.45. The van der Waals surface area contributed by atoms with Crippen molar-refractivity contribution in [2.24, 2.45) is 0 Å². The van der Waals surface area contributed by atoms with Gasteiger partial charge in [0.1, 0.15) is 12.6 Å². The molecule has 3 N–H and O–H groups in total. The zero-order valence-electron chi connectivity index (χ0n) is 18.5. The lowest BCUT2D eigenvalue weighted by atomic mass is 9.98. The maximum Gasteiger partial charge on any atom is 0.407 e. The van der Waals surface area contributed by atoms with E-state index < -0.39 is 29.8 Å². The third-order valence-electron chi connectivity index (χ3n) is 5.81. The van der Waals surface area contributed by atoms with Gasteiger partial charge in [-0.3, -0.25) is 9.59 Å². The van der Waals surface area contributed by atoms with Crippen LogP contribution in [-0.4, -0.2) is 35.7 Å². The number of carboxylic acid groups (broad SMARTS) is 1. The number of alkyl carbamates (subject to hydrolysis) is 1. The minimum atomic E-state index is -1.24. The minimum Gasteiger partial charge on any atom is -0.481 e. The number of anilines is 1. The van der Waals surface area contributed by atoms with Crippen LogP contribution in [0.1, 0.15) is 29.9 Å². The smallest absolute Gasteiger partial charge is 0.407 e. The maximum atomic E-state index is 14.3. The van der Waals surface area contributed by atoms with Crippen molar-refractivity contribution in [3.05, 3.63) is 88.1 Å². The van der Waals surface area contributed by atoms with E-state index in [0.717, 1.165) is 22.3 Å². The molecule has 1 unspecified atom stereocenters. The second-order valence-electron chi connectivity index (χ2n) is 8.05. The van der Waals surface area contributed by atoms with Crippen molar-refractivity contribution in [3.63, 3.8) is 0 Å². The van der Waals surface area contributed by atoms with Gasteiger partial charge < -0.3 is 20.5 Å². The van der Waals surface area contributed by atoms with Crippen LogP contribution in [0.5, 0.6) is 0 Å². The topological polar surface area (TPSA) is 105 Å². The van der Waals surface area contributed by atoms with Gasteiger partial charge in [-0.05, 0) is 56.7 Å². The highest BCUT2D eigenvalue weighted by molar-refractivity contribution is 9.10. The van der Waals surface area contributed by atoms with E-state index >= 15 is 0 Å². The second kappa shape index (κ2) is 10.7. The Morgan fingerprint density at radius 3 is 2.23 bits per heavy atom. The molecular formula is C26H22BrFN2O5. The van der Waals surface area contributed by atoms with Gasteiger partial charge in [0.2, 0.25) is 5.91 Å². The van der Waals surface area contributed by atoms with Gasteiger partial charge in [-0.15, -0.1) is 0 Å². The van der Waals surface area contributed by atoms with Gasteiger partial charge in [0.25, 0.3) is 0 Å². The molecule has 0 saturated heterocycles. The Morgan fingerprint density at radius 1 is 0.971 bits per heavy atom. The van der Waals surface area contributed by atoms with Crippen LogP contribution >= 0.6 is 15.9 Å². The Labute approximate surface area is 209 Å². The van der Waals surface area contributed by atoms with Crippen LogP contribution in [0.4, 0.5) is 14.9 Å². The molecule has 35 heavy (non-hydrogen) atoms. The Balaban J connectivity index is 1.44. The molecule has 4 rings (SSSR count). The molecule has 0 saturated carbocycles. The van der Waals surface area contributed by atoms with Gasteiger partial charge in [0.05, 0.1) is 10.2 Å². The van der Waals surface area contributed by atoms with Crippen LogP contribution in [0.15, 0.2) is 71.2 Å². The first-order valence-corrected chi connectivity index (χ1v) is 11.7. The number of fused-ring (bicyclic) bond motifs is 3.